The Kier molecular flexibility index (Phi) is 7.63. The lowest BCUT2D eigenvalue weighted by atomic mass is 10.0. The van der Waals surface area contributed by atoms with Crippen molar-refractivity contribution in [2.45, 2.75) is 32.6 Å². The number of unbranched alkanes of at least 4 members (excludes halogenated alkanes) is 3. The van der Waals surface area contributed by atoms with Crippen molar-refractivity contribution >= 4 is 11.7 Å². The Morgan fingerprint density at radius 3 is 2.00 bits per heavy atom. The Balaban J connectivity index is 1.56. The molecule has 0 amide bonds. The van der Waals surface area contributed by atoms with Gasteiger partial charge in [-0.3, -0.25) is 0 Å². The zero-order chi connectivity index (χ0) is 21.2. The standard InChI is InChI=1S/C26H25NO3/c1-3-4-5-6-19-29-24-15-11-21(12-16-24)20-7-9-22(10-8-20)26(28)30-25-17-13-23(27-2)14-18-25/h7-18H,3-6,19H2,1H3. The van der Waals surface area contributed by atoms with Gasteiger partial charge in [-0.15, -0.1) is 0 Å². The third kappa shape index (κ3) is 5.96. The predicted molar refractivity (Wildman–Crippen MR) is 119 cm³/mol. The van der Waals surface area contributed by atoms with Crippen LogP contribution in [0.25, 0.3) is 16.0 Å². The molecule has 0 heterocycles. The molecule has 0 spiro atoms. The Bertz CT molecular complexity index is 984. The lowest BCUT2D eigenvalue weighted by molar-refractivity contribution is 0.0735. The molecule has 3 aromatic carbocycles. The van der Waals surface area contributed by atoms with E-state index in [-0.39, 0.29) is 0 Å². The highest BCUT2D eigenvalue weighted by Gasteiger charge is 2.09. The van der Waals surface area contributed by atoms with Crippen molar-refractivity contribution in [3.63, 3.8) is 0 Å². The summed E-state index contributed by atoms with van der Waals surface area (Å²) in [6.07, 6.45) is 4.76. The lowest BCUT2D eigenvalue weighted by Gasteiger charge is -2.08. The van der Waals surface area contributed by atoms with Gasteiger partial charge in [0.25, 0.3) is 0 Å². The van der Waals surface area contributed by atoms with Crippen molar-refractivity contribution in [1.82, 2.24) is 0 Å². The largest absolute Gasteiger partial charge is 0.494 e. The molecule has 4 heteroatoms. The van der Waals surface area contributed by atoms with Crippen LogP contribution in [0.4, 0.5) is 5.69 Å². The molecule has 0 aromatic heterocycles. The molecule has 0 unspecified atom stereocenters. The van der Waals surface area contributed by atoms with Crippen LogP contribution in [0.5, 0.6) is 11.5 Å². The average molecular weight is 399 g/mol. The molecule has 4 nitrogen and oxygen atoms in total. The first-order valence-electron chi connectivity index (χ1n) is 10.2. The molecular weight excluding hydrogens is 374 g/mol. The molecule has 0 aliphatic carbocycles. The fraction of sp³-hybridized carbons (Fsp3) is 0.231. The van der Waals surface area contributed by atoms with E-state index >= 15 is 0 Å². The van der Waals surface area contributed by atoms with E-state index in [2.05, 4.69) is 11.8 Å². The van der Waals surface area contributed by atoms with Gasteiger partial charge in [-0.05, 0) is 53.9 Å². The van der Waals surface area contributed by atoms with Crippen LogP contribution in [0.15, 0.2) is 72.8 Å². The van der Waals surface area contributed by atoms with E-state index in [0.717, 1.165) is 29.9 Å². The second-order valence-corrected chi connectivity index (χ2v) is 7.01. The molecule has 152 valence electrons. The van der Waals surface area contributed by atoms with Gasteiger partial charge in [0.05, 0.1) is 18.7 Å². The van der Waals surface area contributed by atoms with E-state index in [1.54, 1.807) is 36.4 Å². The molecule has 3 aromatic rings. The predicted octanol–water partition coefficient (Wildman–Crippen LogP) is 7.08. The summed E-state index contributed by atoms with van der Waals surface area (Å²) in [5.41, 5.74) is 3.05. The van der Waals surface area contributed by atoms with Gasteiger partial charge in [-0.25, -0.2) is 9.64 Å². The van der Waals surface area contributed by atoms with Crippen LogP contribution < -0.4 is 9.47 Å². The second kappa shape index (κ2) is 10.8. The first-order valence-corrected chi connectivity index (χ1v) is 10.2. The number of hydrogen-bond acceptors (Lipinski definition) is 3. The molecule has 3 rings (SSSR count). The monoisotopic (exact) mass is 399 g/mol. The molecule has 0 radical (unpaired) electrons. The van der Waals surface area contributed by atoms with Crippen LogP contribution in [0.3, 0.4) is 0 Å². The topological polar surface area (TPSA) is 39.9 Å². The molecule has 0 fully saturated rings. The van der Waals surface area contributed by atoms with Gasteiger partial charge in [-0.1, -0.05) is 62.6 Å². The Morgan fingerprint density at radius 2 is 1.40 bits per heavy atom. The van der Waals surface area contributed by atoms with Gasteiger partial charge in [0.15, 0.2) is 5.69 Å². The molecule has 0 bridgehead atoms. The zero-order valence-corrected chi connectivity index (χ0v) is 17.1. The smallest absolute Gasteiger partial charge is 0.343 e. The summed E-state index contributed by atoms with van der Waals surface area (Å²) >= 11 is 0. The second-order valence-electron chi connectivity index (χ2n) is 7.01. The van der Waals surface area contributed by atoms with Crippen LogP contribution in [-0.2, 0) is 0 Å². The molecule has 0 aliphatic rings. The van der Waals surface area contributed by atoms with E-state index in [9.17, 15) is 4.79 Å². The number of carbonyl (C=O) groups is 1. The van der Waals surface area contributed by atoms with Crippen molar-refractivity contribution in [3.8, 4) is 22.6 Å². The van der Waals surface area contributed by atoms with E-state index in [1.165, 1.54) is 19.3 Å². The quantitative estimate of drug-likeness (QED) is 0.167. The number of rotatable bonds is 9. The highest BCUT2D eigenvalue weighted by atomic mass is 16.5. The SMILES string of the molecule is [C-]#[N+]c1ccc(OC(=O)c2ccc(-c3ccc(OCCCCCC)cc3)cc2)cc1. The van der Waals surface area contributed by atoms with Gasteiger partial charge < -0.3 is 9.47 Å². The third-order valence-corrected chi connectivity index (χ3v) is 4.75. The summed E-state index contributed by atoms with van der Waals surface area (Å²) in [7, 11) is 0. The lowest BCUT2D eigenvalue weighted by Crippen LogP contribution is -2.08. The van der Waals surface area contributed by atoms with Crippen LogP contribution in [0, 0.1) is 6.57 Å². The minimum Gasteiger partial charge on any atom is -0.494 e. The van der Waals surface area contributed by atoms with Crippen molar-refractivity contribution in [2.75, 3.05) is 6.61 Å². The van der Waals surface area contributed by atoms with Crippen molar-refractivity contribution in [1.29, 1.82) is 0 Å². The Hall–Kier alpha value is -3.58. The summed E-state index contributed by atoms with van der Waals surface area (Å²) in [5.74, 6) is 0.866. The van der Waals surface area contributed by atoms with Crippen LogP contribution in [-0.4, -0.2) is 12.6 Å². The fourth-order valence-corrected chi connectivity index (χ4v) is 3.02. The maximum absolute atomic E-state index is 12.3. The van der Waals surface area contributed by atoms with E-state index in [0.29, 0.717) is 17.0 Å². The number of esters is 1. The summed E-state index contributed by atoms with van der Waals surface area (Å²) in [6, 6.07) is 21.8. The number of benzene rings is 3. The van der Waals surface area contributed by atoms with Gasteiger partial charge in [0, 0.05) is 0 Å². The Morgan fingerprint density at radius 1 is 0.800 bits per heavy atom. The molecule has 0 aliphatic heterocycles. The maximum atomic E-state index is 12.3. The summed E-state index contributed by atoms with van der Waals surface area (Å²) in [4.78, 5) is 15.6. The molecule has 0 N–H and O–H groups in total. The first-order chi connectivity index (χ1) is 14.7. The van der Waals surface area contributed by atoms with Crippen LogP contribution in [0.2, 0.25) is 0 Å². The summed E-state index contributed by atoms with van der Waals surface area (Å²) in [5, 5.41) is 0. The number of nitrogens with zero attached hydrogens (tertiary/aromatic N) is 1. The molecule has 0 saturated carbocycles. The van der Waals surface area contributed by atoms with Crippen molar-refractivity contribution in [2.24, 2.45) is 0 Å². The molecule has 0 saturated heterocycles. The normalized spacial score (nSPS) is 10.3. The number of ether oxygens (including phenoxy) is 2. The van der Waals surface area contributed by atoms with Gasteiger partial charge in [0.1, 0.15) is 11.5 Å². The van der Waals surface area contributed by atoms with E-state index in [4.69, 9.17) is 16.0 Å². The minimum absolute atomic E-state index is 0.418. The summed E-state index contributed by atoms with van der Waals surface area (Å²) < 4.78 is 11.2. The number of hydrogen-bond donors (Lipinski definition) is 0. The third-order valence-electron chi connectivity index (χ3n) is 4.75. The highest BCUT2D eigenvalue weighted by Crippen LogP contribution is 2.24. The van der Waals surface area contributed by atoms with Gasteiger partial charge >= 0.3 is 5.97 Å². The van der Waals surface area contributed by atoms with E-state index < -0.39 is 5.97 Å². The highest BCUT2D eigenvalue weighted by molar-refractivity contribution is 5.91. The molecular formula is C26H25NO3. The van der Waals surface area contributed by atoms with Crippen LogP contribution in [0.1, 0.15) is 43.0 Å². The fourth-order valence-electron chi connectivity index (χ4n) is 3.02. The molecule has 30 heavy (non-hydrogen) atoms. The number of carbonyl (C=O) groups excluding carboxylic acids is 1. The van der Waals surface area contributed by atoms with Gasteiger partial charge in [0.2, 0.25) is 0 Å². The van der Waals surface area contributed by atoms with Crippen molar-refractivity contribution < 1.29 is 14.3 Å². The molecule has 0 atom stereocenters. The van der Waals surface area contributed by atoms with E-state index in [1.807, 2.05) is 36.4 Å². The van der Waals surface area contributed by atoms with Crippen molar-refractivity contribution in [3.05, 3.63) is 89.8 Å². The maximum Gasteiger partial charge on any atom is 0.343 e. The summed E-state index contributed by atoms with van der Waals surface area (Å²) in [6.45, 7) is 9.90. The Labute approximate surface area is 177 Å². The minimum atomic E-state index is -0.427. The van der Waals surface area contributed by atoms with Crippen LogP contribution >= 0.6 is 0 Å². The zero-order valence-electron chi connectivity index (χ0n) is 17.1. The first kappa shape index (κ1) is 21.1. The van der Waals surface area contributed by atoms with Gasteiger partial charge in [-0.2, -0.15) is 0 Å². The average Bonchev–Trinajstić information content (AvgIpc) is 2.80.